The Hall–Kier alpha value is -1.69. The largest absolute Gasteiger partial charge is 0.401 e. The average Bonchev–Trinajstić information content (AvgIpc) is 2.70. The van der Waals surface area contributed by atoms with Crippen LogP contribution in [-0.2, 0) is 14.8 Å². The fraction of sp³-hybridized carbons (Fsp3) is 0.650. The predicted molar refractivity (Wildman–Crippen MR) is 110 cm³/mol. The van der Waals surface area contributed by atoms with E-state index < -0.39 is 22.7 Å². The highest BCUT2D eigenvalue weighted by Crippen LogP contribution is 2.21. The van der Waals surface area contributed by atoms with E-state index in [-0.39, 0.29) is 43.5 Å². The molecule has 2 heterocycles. The lowest BCUT2D eigenvalue weighted by Crippen LogP contribution is -2.55. The summed E-state index contributed by atoms with van der Waals surface area (Å²) in [4.78, 5) is 17.7. The topological polar surface area (TPSA) is 64.2 Å². The molecule has 1 amide bonds. The van der Waals surface area contributed by atoms with Gasteiger partial charge in [-0.05, 0) is 37.1 Å². The first-order chi connectivity index (χ1) is 14.5. The second kappa shape index (κ2) is 9.43. The first-order valence-electron chi connectivity index (χ1n) is 10.3. The number of piperazine rings is 2. The van der Waals surface area contributed by atoms with Crippen LogP contribution >= 0.6 is 0 Å². The normalized spacial score (nSPS) is 20.2. The van der Waals surface area contributed by atoms with Gasteiger partial charge in [0.2, 0.25) is 15.9 Å². The fourth-order valence-electron chi connectivity index (χ4n) is 3.85. The number of carbonyl (C=O) groups excluding carboxylic acids is 1. The van der Waals surface area contributed by atoms with Crippen LogP contribution in [0.5, 0.6) is 0 Å². The van der Waals surface area contributed by atoms with E-state index in [9.17, 15) is 26.4 Å². The molecule has 3 rings (SSSR count). The predicted octanol–water partition coefficient (Wildman–Crippen LogP) is 1.32. The third-order valence-electron chi connectivity index (χ3n) is 5.93. The summed E-state index contributed by atoms with van der Waals surface area (Å²) in [5.41, 5.74) is 1.93. The molecule has 0 aromatic heterocycles. The number of halogens is 3. The van der Waals surface area contributed by atoms with E-state index in [1.165, 1.54) is 9.21 Å². The number of aryl methyl sites for hydroxylation is 2. The van der Waals surface area contributed by atoms with E-state index >= 15 is 0 Å². The first kappa shape index (κ1) is 24.0. The molecule has 0 bridgehead atoms. The minimum absolute atomic E-state index is 0.118. The van der Waals surface area contributed by atoms with Crippen molar-refractivity contribution in [3.05, 3.63) is 29.3 Å². The number of nitrogens with zero attached hydrogens (tertiary/aromatic N) is 4. The fourth-order valence-corrected chi connectivity index (χ4v) is 5.36. The van der Waals surface area contributed by atoms with Crippen LogP contribution in [0, 0.1) is 13.8 Å². The summed E-state index contributed by atoms with van der Waals surface area (Å²) in [6, 6.07) is 5.06. The van der Waals surface area contributed by atoms with Gasteiger partial charge in [0.15, 0.2) is 0 Å². The van der Waals surface area contributed by atoms with Crippen LogP contribution in [-0.4, -0.2) is 105 Å². The Labute approximate surface area is 181 Å². The molecule has 2 fully saturated rings. The molecule has 1 aromatic rings. The average molecular weight is 463 g/mol. The summed E-state index contributed by atoms with van der Waals surface area (Å²) in [5.74, 6) is -0.118. The highest BCUT2D eigenvalue weighted by molar-refractivity contribution is 7.89. The third kappa shape index (κ3) is 6.18. The molecular formula is C20H29F3N4O3S. The lowest BCUT2D eigenvalue weighted by atomic mass is 10.1. The van der Waals surface area contributed by atoms with Crippen molar-refractivity contribution < 1.29 is 26.4 Å². The Kier molecular flexibility index (Phi) is 7.29. The molecule has 7 nitrogen and oxygen atoms in total. The van der Waals surface area contributed by atoms with E-state index in [1.54, 1.807) is 23.1 Å². The van der Waals surface area contributed by atoms with Crippen molar-refractivity contribution in [2.24, 2.45) is 0 Å². The van der Waals surface area contributed by atoms with E-state index in [4.69, 9.17) is 0 Å². The lowest BCUT2D eigenvalue weighted by Gasteiger charge is -2.37. The molecule has 1 aromatic carbocycles. The zero-order valence-electron chi connectivity index (χ0n) is 17.9. The van der Waals surface area contributed by atoms with Gasteiger partial charge >= 0.3 is 6.18 Å². The first-order valence-corrected chi connectivity index (χ1v) is 11.8. The number of benzene rings is 1. The monoisotopic (exact) mass is 462 g/mol. The van der Waals surface area contributed by atoms with Crippen LogP contribution in [0.2, 0.25) is 0 Å². The molecule has 0 unspecified atom stereocenters. The van der Waals surface area contributed by atoms with Crippen molar-refractivity contribution >= 4 is 15.9 Å². The van der Waals surface area contributed by atoms with Gasteiger partial charge in [0.05, 0.1) is 18.0 Å². The molecule has 0 aliphatic carbocycles. The molecule has 31 heavy (non-hydrogen) atoms. The van der Waals surface area contributed by atoms with Gasteiger partial charge < -0.3 is 4.90 Å². The van der Waals surface area contributed by atoms with Crippen LogP contribution in [0.1, 0.15) is 11.1 Å². The van der Waals surface area contributed by atoms with E-state index in [0.29, 0.717) is 26.2 Å². The van der Waals surface area contributed by atoms with Crippen LogP contribution in [0.3, 0.4) is 0 Å². The van der Waals surface area contributed by atoms with Crippen molar-refractivity contribution in [1.82, 2.24) is 19.0 Å². The minimum atomic E-state index is -4.21. The second-order valence-corrected chi connectivity index (χ2v) is 10.1. The van der Waals surface area contributed by atoms with Crippen molar-refractivity contribution in [2.75, 3.05) is 65.4 Å². The number of sulfonamides is 1. The van der Waals surface area contributed by atoms with Crippen molar-refractivity contribution in [3.63, 3.8) is 0 Å². The molecule has 2 aliphatic heterocycles. The van der Waals surface area contributed by atoms with Gasteiger partial charge in [-0.3, -0.25) is 14.6 Å². The zero-order valence-corrected chi connectivity index (χ0v) is 18.7. The smallest absolute Gasteiger partial charge is 0.339 e. The molecule has 11 heteroatoms. The lowest BCUT2D eigenvalue weighted by molar-refractivity contribution is -0.150. The highest BCUT2D eigenvalue weighted by Gasteiger charge is 2.33. The number of alkyl halides is 3. The quantitative estimate of drug-likeness (QED) is 0.661. The summed E-state index contributed by atoms with van der Waals surface area (Å²) in [5, 5.41) is 0. The molecule has 0 atom stereocenters. The van der Waals surface area contributed by atoms with Gasteiger partial charge in [-0.15, -0.1) is 0 Å². The summed E-state index contributed by atoms with van der Waals surface area (Å²) < 4.78 is 64.7. The van der Waals surface area contributed by atoms with Gasteiger partial charge in [0.1, 0.15) is 0 Å². The number of hydrogen-bond acceptors (Lipinski definition) is 5. The summed E-state index contributed by atoms with van der Waals surface area (Å²) in [6.07, 6.45) is -4.21. The molecule has 2 saturated heterocycles. The number of hydrogen-bond donors (Lipinski definition) is 0. The zero-order chi connectivity index (χ0) is 22.8. The highest BCUT2D eigenvalue weighted by atomic mass is 32.2. The van der Waals surface area contributed by atoms with E-state index in [0.717, 1.165) is 11.1 Å². The summed E-state index contributed by atoms with van der Waals surface area (Å²) >= 11 is 0. The van der Waals surface area contributed by atoms with Gasteiger partial charge in [-0.25, -0.2) is 8.42 Å². The summed E-state index contributed by atoms with van der Waals surface area (Å²) in [6.45, 7) is 5.42. The van der Waals surface area contributed by atoms with Crippen LogP contribution in [0.4, 0.5) is 13.2 Å². The Bertz CT molecular complexity index is 891. The number of carbonyl (C=O) groups is 1. The van der Waals surface area contributed by atoms with Crippen molar-refractivity contribution in [2.45, 2.75) is 24.9 Å². The van der Waals surface area contributed by atoms with Crippen molar-refractivity contribution in [3.8, 4) is 0 Å². The molecule has 174 valence electrons. The molecular weight excluding hydrogens is 433 g/mol. The van der Waals surface area contributed by atoms with Gasteiger partial charge in [-0.2, -0.15) is 17.5 Å². The van der Waals surface area contributed by atoms with Gasteiger partial charge in [-0.1, -0.05) is 6.07 Å². The van der Waals surface area contributed by atoms with E-state index in [1.807, 2.05) is 18.7 Å². The SMILES string of the molecule is Cc1ccc(S(=O)(=O)N2CCN(C(=O)CN3CCN(CC(F)(F)F)CC3)CC2)cc1C. The summed E-state index contributed by atoms with van der Waals surface area (Å²) in [7, 11) is -3.61. The number of rotatable bonds is 5. The van der Waals surface area contributed by atoms with Crippen molar-refractivity contribution in [1.29, 1.82) is 0 Å². The molecule has 2 aliphatic rings. The molecule has 0 spiro atoms. The maximum atomic E-state index is 12.9. The Morgan fingerprint density at radius 2 is 1.48 bits per heavy atom. The molecule has 0 saturated carbocycles. The second-order valence-electron chi connectivity index (χ2n) is 8.20. The van der Waals surface area contributed by atoms with Gasteiger partial charge in [0.25, 0.3) is 0 Å². The Balaban J connectivity index is 1.48. The van der Waals surface area contributed by atoms with Crippen LogP contribution in [0.25, 0.3) is 0 Å². The maximum absolute atomic E-state index is 12.9. The number of amides is 1. The Morgan fingerprint density at radius 1 is 0.903 bits per heavy atom. The van der Waals surface area contributed by atoms with Crippen LogP contribution in [0.15, 0.2) is 23.1 Å². The maximum Gasteiger partial charge on any atom is 0.401 e. The third-order valence-corrected chi connectivity index (χ3v) is 7.83. The van der Waals surface area contributed by atoms with Crippen LogP contribution < -0.4 is 0 Å². The Morgan fingerprint density at radius 3 is 2.03 bits per heavy atom. The molecule has 0 N–H and O–H groups in total. The minimum Gasteiger partial charge on any atom is -0.339 e. The standard InChI is InChI=1S/C20H29F3N4O3S/c1-16-3-4-18(13-17(16)2)31(29,30)27-11-9-26(10-12-27)19(28)14-24-5-7-25(8-6-24)15-20(21,22)23/h3-4,13H,5-12,14-15H2,1-2H3. The van der Waals surface area contributed by atoms with E-state index in [2.05, 4.69) is 0 Å². The molecule has 0 radical (unpaired) electrons. The van der Waals surface area contributed by atoms with Gasteiger partial charge in [0, 0.05) is 52.4 Å².